The molecule has 2 aliphatic rings. The fraction of sp³-hybridized carbons (Fsp3) is 0.250. The van der Waals surface area contributed by atoms with Crippen molar-refractivity contribution in [2.75, 3.05) is 20.1 Å². The van der Waals surface area contributed by atoms with Gasteiger partial charge in [-0.15, -0.1) is 0 Å². The number of rotatable bonds is 10. The van der Waals surface area contributed by atoms with Gasteiger partial charge in [0.25, 0.3) is 5.91 Å². The molecule has 3 amide bonds. The first kappa shape index (κ1) is 36.3. The standard InChI is InChI=1S/C44H43N7O5/c1-49(44(55)56)40(33-9-3-2-4-10-33)43(54)51-23-7-13-38(51)42-46-27-36(48-42)32-20-16-30(17-21-32)29-14-18-31(19-15-29)35-26-45-41(47-35)37-12-6-22-50(37)39(53)25-28-8-5-11-34(52)24-28/h2-5,8-11,14-21,24,26-27,37-38,40,52H,6-7,12-13,22-23,25H2,1H3,(H,45,47)(H,46,48)(H,55,56)/t37-,38-,40+/m0/s1. The van der Waals surface area contributed by atoms with E-state index in [0.717, 1.165) is 75.6 Å². The number of amides is 3. The third kappa shape index (κ3) is 7.37. The number of hydrogen-bond acceptors (Lipinski definition) is 6. The van der Waals surface area contributed by atoms with E-state index in [0.29, 0.717) is 24.5 Å². The highest BCUT2D eigenvalue weighted by molar-refractivity contribution is 5.87. The molecule has 4 aromatic carbocycles. The summed E-state index contributed by atoms with van der Waals surface area (Å²) in [5.74, 6) is 1.37. The van der Waals surface area contributed by atoms with E-state index in [1.165, 1.54) is 7.05 Å². The second kappa shape index (κ2) is 15.6. The number of carbonyl (C=O) groups is 3. The summed E-state index contributed by atoms with van der Waals surface area (Å²) in [4.78, 5) is 60.1. The Labute approximate surface area is 324 Å². The fourth-order valence-corrected chi connectivity index (χ4v) is 8.03. The van der Waals surface area contributed by atoms with E-state index in [9.17, 15) is 24.6 Å². The highest BCUT2D eigenvalue weighted by Gasteiger charge is 2.39. The third-order valence-corrected chi connectivity index (χ3v) is 11.0. The summed E-state index contributed by atoms with van der Waals surface area (Å²) >= 11 is 0. The van der Waals surface area contributed by atoms with Crippen LogP contribution in [-0.4, -0.2) is 82.9 Å². The Balaban J connectivity index is 0.924. The molecule has 2 aromatic heterocycles. The van der Waals surface area contributed by atoms with Crippen LogP contribution in [0.1, 0.15) is 66.6 Å². The first-order valence-electron chi connectivity index (χ1n) is 18.9. The minimum atomic E-state index is -1.17. The lowest BCUT2D eigenvalue weighted by Crippen LogP contribution is -2.43. The Hall–Kier alpha value is -6.69. The average Bonchev–Trinajstić information content (AvgIpc) is 4.06. The molecule has 2 aliphatic heterocycles. The second-order valence-electron chi connectivity index (χ2n) is 14.5. The van der Waals surface area contributed by atoms with E-state index >= 15 is 0 Å². The minimum absolute atomic E-state index is 0.0201. The zero-order chi connectivity index (χ0) is 38.8. The number of aromatic amines is 2. The van der Waals surface area contributed by atoms with Crippen LogP contribution in [0.15, 0.2) is 116 Å². The van der Waals surface area contributed by atoms with E-state index in [2.05, 4.69) is 56.3 Å². The third-order valence-electron chi connectivity index (χ3n) is 11.0. The van der Waals surface area contributed by atoms with Crippen molar-refractivity contribution in [1.82, 2.24) is 34.6 Å². The highest BCUT2D eigenvalue weighted by Crippen LogP contribution is 2.36. The van der Waals surface area contributed by atoms with Crippen molar-refractivity contribution in [1.29, 1.82) is 0 Å². The average molecular weight is 750 g/mol. The number of nitrogens with zero attached hydrogens (tertiary/aromatic N) is 5. The number of likely N-dealkylation sites (N-methyl/N-ethyl adjacent to an activating group) is 1. The maximum absolute atomic E-state index is 13.9. The predicted octanol–water partition coefficient (Wildman–Crippen LogP) is 7.76. The van der Waals surface area contributed by atoms with Gasteiger partial charge in [-0.25, -0.2) is 14.8 Å². The van der Waals surface area contributed by atoms with Gasteiger partial charge in [0.05, 0.1) is 42.3 Å². The Morgan fingerprint density at radius 1 is 0.732 bits per heavy atom. The smallest absolute Gasteiger partial charge is 0.407 e. The van der Waals surface area contributed by atoms with Crippen LogP contribution in [0.5, 0.6) is 5.75 Å². The van der Waals surface area contributed by atoms with E-state index in [4.69, 9.17) is 0 Å². The predicted molar refractivity (Wildman–Crippen MR) is 211 cm³/mol. The molecule has 56 heavy (non-hydrogen) atoms. The van der Waals surface area contributed by atoms with Crippen LogP contribution in [0.25, 0.3) is 33.6 Å². The summed E-state index contributed by atoms with van der Waals surface area (Å²) in [6.07, 6.45) is 5.95. The number of imidazole rings is 2. The number of aromatic hydroxyl groups is 1. The molecule has 6 aromatic rings. The summed E-state index contributed by atoms with van der Waals surface area (Å²) < 4.78 is 0. The molecule has 0 saturated carbocycles. The lowest BCUT2D eigenvalue weighted by molar-refractivity contribution is -0.137. The zero-order valence-corrected chi connectivity index (χ0v) is 31.0. The summed E-state index contributed by atoms with van der Waals surface area (Å²) in [6.45, 7) is 1.20. The highest BCUT2D eigenvalue weighted by atomic mass is 16.4. The van der Waals surface area contributed by atoms with Crippen LogP contribution in [0.2, 0.25) is 0 Å². The monoisotopic (exact) mass is 749 g/mol. The van der Waals surface area contributed by atoms with Crippen molar-refractivity contribution in [2.24, 2.45) is 0 Å². The van der Waals surface area contributed by atoms with Gasteiger partial charge < -0.3 is 30.0 Å². The number of likely N-dealkylation sites (tertiary alicyclic amines) is 2. The molecule has 284 valence electrons. The number of carbonyl (C=O) groups excluding carboxylic acids is 2. The molecule has 0 bridgehead atoms. The summed E-state index contributed by atoms with van der Waals surface area (Å²) in [7, 11) is 1.43. The number of carboxylic acid groups (broad SMARTS) is 1. The molecular weight excluding hydrogens is 707 g/mol. The molecule has 12 nitrogen and oxygen atoms in total. The van der Waals surface area contributed by atoms with E-state index in [1.807, 2.05) is 35.4 Å². The summed E-state index contributed by atoms with van der Waals surface area (Å²) in [5, 5.41) is 19.6. The molecule has 8 rings (SSSR count). The molecule has 4 N–H and O–H groups in total. The number of nitrogens with one attached hydrogen (secondary N) is 2. The molecule has 0 aliphatic carbocycles. The van der Waals surface area contributed by atoms with E-state index in [-0.39, 0.29) is 36.1 Å². The number of H-pyrrole nitrogens is 2. The van der Waals surface area contributed by atoms with Crippen LogP contribution in [0, 0.1) is 0 Å². The maximum Gasteiger partial charge on any atom is 0.407 e. The van der Waals surface area contributed by atoms with Gasteiger partial charge in [-0.05, 0) is 71.2 Å². The number of aromatic nitrogens is 4. The Bertz CT molecular complexity index is 2340. The van der Waals surface area contributed by atoms with Crippen LogP contribution in [0.4, 0.5) is 4.79 Å². The summed E-state index contributed by atoms with van der Waals surface area (Å²) in [6, 6.07) is 31.0. The van der Waals surface area contributed by atoms with Gasteiger partial charge in [-0.3, -0.25) is 14.5 Å². The summed E-state index contributed by atoms with van der Waals surface area (Å²) in [5.41, 5.74) is 7.20. The van der Waals surface area contributed by atoms with Gasteiger partial charge >= 0.3 is 6.09 Å². The van der Waals surface area contributed by atoms with E-state index in [1.54, 1.807) is 53.6 Å². The first-order chi connectivity index (χ1) is 27.2. The van der Waals surface area contributed by atoms with Gasteiger partial charge in [0.1, 0.15) is 23.4 Å². The van der Waals surface area contributed by atoms with Crippen molar-refractivity contribution in [3.8, 4) is 39.4 Å². The number of hydrogen-bond donors (Lipinski definition) is 4. The van der Waals surface area contributed by atoms with Crippen molar-refractivity contribution in [3.05, 3.63) is 138 Å². The molecule has 2 saturated heterocycles. The van der Waals surface area contributed by atoms with Crippen LogP contribution < -0.4 is 0 Å². The molecule has 2 fully saturated rings. The van der Waals surface area contributed by atoms with Crippen molar-refractivity contribution >= 4 is 17.9 Å². The number of phenols is 1. The lowest BCUT2D eigenvalue weighted by atomic mass is 10.0. The number of phenolic OH excluding ortho intramolecular Hbond substituents is 1. The lowest BCUT2D eigenvalue weighted by Gasteiger charge is -2.32. The van der Waals surface area contributed by atoms with Gasteiger partial charge in [-0.1, -0.05) is 91.0 Å². The molecule has 0 spiro atoms. The van der Waals surface area contributed by atoms with Crippen molar-refractivity contribution < 1.29 is 24.6 Å². The quantitative estimate of drug-likeness (QED) is 0.111. The van der Waals surface area contributed by atoms with Gasteiger partial charge in [-0.2, -0.15) is 0 Å². The maximum atomic E-state index is 13.9. The molecule has 0 radical (unpaired) electrons. The van der Waals surface area contributed by atoms with E-state index < -0.39 is 12.1 Å². The SMILES string of the molecule is CN(C(=O)O)[C@@H](C(=O)N1CCC[C@H]1c1ncc(-c2ccc(-c3ccc(-c4cnc([C@@H]5CCCN5C(=O)Cc5cccc(O)c5)[nH]4)cc3)cc2)[nH]1)c1ccccc1. The van der Waals surface area contributed by atoms with Crippen LogP contribution >= 0.6 is 0 Å². The molecule has 3 atom stereocenters. The minimum Gasteiger partial charge on any atom is -0.508 e. The largest absolute Gasteiger partial charge is 0.508 e. The fourth-order valence-electron chi connectivity index (χ4n) is 8.03. The Kier molecular flexibility index (Phi) is 10.1. The van der Waals surface area contributed by atoms with Gasteiger partial charge in [0, 0.05) is 20.1 Å². The molecule has 0 unspecified atom stereocenters. The molecule has 12 heteroatoms. The molecule has 4 heterocycles. The Morgan fingerprint density at radius 3 is 1.82 bits per heavy atom. The van der Waals surface area contributed by atoms with Crippen LogP contribution in [-0.2, 0) is 16.0 Å². The number of benzene rings is 4. The van der Waals surface area contributed by atoms with Gasteiger partial charge in [0.15, 0.2) is 0 Å². The van der Waals surface area contributed by atoms with Crippen molar-refractivity contribution in [2.45, 2.75) is 50.2 Å². The second-order valence-corrected chi connectivity index (χ2v) is 14.5. The van der Waals surface area contributed by atoms with Crippen LogP contribution in [0.3, 0.4) is 0 Å². The first-order valence-corrected chi connectivity index (χ1v) is 18.9. The van der Waals surface area contributed by atoms with Crippen molar-refractivity contribution in [3.63, 3.8) is 0 Å². The Morgan fingerprint density at radius 2 is 1.27 bits per heavy atom. The topological polar surface area (TPSA) is 159 Å². The zero-order valence-electron chi connectivity index (χ0n) is 31.0. The van der Waals surface area contributed by atoms with Gasteiger partial charge in [0.2, 0.25) is 5.91 Å². The normalized spacial score (nSPS) is 17.2. The molecular formula is C44H43N7O5.